The highest BCUT2D eigenvalue weighted by molar-refractivity contribution is 6.31. The molecule has 0 bridgehead atoms. The zero-order chi connectivity index (χ0) is 10.6. The van der Waals surface area contributed by atoms with Crippen LogP contribution >= 0.6 is 11.6 Å². The lowest BCUT2D eigenvalue weighted by Gasteiger charge is -2.06. The van der Waals surface area contributed by atoms with Crippen LogP contribution in [0.15, 0.2) is 0 Å². The third-order valence-electron chi connectivity index (χ3n) is 1.79. The van der Waals surface area contributed by atoms with Gasteiger partial charge in [-0.25, -0.2) is 9.97 Å². The van der Waals surface area contributed by atoms with Crippen LogP contribution in [-0.4, -0.2) is 16.5 Å². The molecule has 0 atom stereocenters. The number of aromatic nitrogens is 2. The minimum atomic E-state index is 0.394. The summed E-state index contributed by atoms with van der Waals surface area (Å²) in [6, 6.07) is 0. The van der Waals surface area contributed by atoms with Crippen LogP contribution in [0.1, 0.15) is 18.3 Å². The van der Waals surface area contributed by atoms with E-state index in [0.29, 0.717) is 17.5 Å². The topological polar surface area (TPSA) is 37.8 Å². The fraction of sp³-hybridized carbons (Fsp3) is 0.400. The van der Waals surface area contributed by atoms with Crippen LogP contribution in [0, 0.1) is 25.7 Å². The molecule has 0 fully saturated rings. The van der Waals surface area contributed by atoms with Crippen molar-refractivity contribution in [1.82, 2.24) is 9.97 Å². The second-order valence-electron chi connectivity index (χ2n) is 2.81. The second kappa shape index (κ2) is 4.83. The van der Waals surface area contributed by atoms with Gasteiger partial charge in [-0.2, -0.15) is 0 Å². The molecule has 0 aliphatic carbocycles. The van der Waals surface area contributed by atoms with Gasteiger partial charge in [-0.05, 0) is 20.8 Å². The van der Waals surface area contributed by atoms with E-state index in [0.717, 1.165) is 11.4 Å². The molecule has 0 saturated carbocycles. The first-order chi connectivity index (χ1) is 6.65. The maximum Gasteiger partial charge on any atom is 0.171 e. The van der Waals surface area contributed by atoms with Crippen LogP contribution in [0.25, 0.3) is 0 Å². The standard InChI is InChI=1S/C10H12ClN3/c1-4-5-6-12-10-9(11)13-7(2)8(3)14-10/h6H2,1-3H3,(H,12,14). The summed E-state index contributed by atoms with van der Waals surface area (Å²) in [5.41, 5.74) is 1.73. The Hall–Kier alpha value is -1.27. The van der Waals surface area contributed by atoms with Gasteiger partial charge in [0, 0.05) is 0 Å². The largest absolute Gasteiger partial charge is 0.357 e. The monoisotopic (exact) mass is 209 g/mol. The first-order valence-electron chi connectivity index (χ1n) is 4.29. The van der Waals surface area contributed by atoms with Crippen molar-refractivity contribution in [3.05, 3.63) is 16.5 Å². The van der Waals surface area contributed by atoms with Crippen molar-refractivity contribution in [3.63, 3.8) is 0 Å². The summed E-state index contributed by atoms with van der Waals surface area (Å²) in [6.45, 7) is 6.10. The number of hydrogen-bond donors (Lipinski definition) is 1. The Morgan fingerprint density at radius 2 is 1.93 bits per heavy atom. The van der Waals surface area contributed by atoms with Crippen molar-refractivity contribution < 1.29 is 0 Å². The molecule has 0 aromatic carbocycles. The summed E-state index contributed by atoms with van der Waals surface area (Å²) in [4.78, 5) is 8.41. The van der Waals surface area contributed by atoms with E-state index < -0.39 is 0 Å². The lowest BCUT2D eigenvalue weighted by molar-refractivity contribution is 1.04. The van der Waals surface area contributed by atoms with Crippen LogP contribution in [0.3, 0.4) is 0 Å². The van der Waals surface area contributed by atoms with E-state index in [1.165, 1.54) is 0 Å². The predicted molar refractivity (Wildman–Crippen MR) is 58.5 cm³/mol. The van der Waals surface area contributed by atoms with Gasteiger partial charge in [0.25, 0.3) is 0 Å². The minimum absolute atomic E-state index is 0.394. The van der Waals surface area contributed by atoms with Crippen molar-refractivity contribution >= 4 is 17.4 Å². The third-order valence-corrected chi connectivity index (χ3v) is 2.05. The van der Waals surface area contributed by atoms with Gasteiger partial charge in [0.1, 0.15) is 0 Å². The molecule has 0 amide bonds. The van der Waals surface area contributed by atoms with Crippen molar-refractivity contribution in [3.8, 4) is 11.8 Å². The van der Waals surface area contributed by atoms with Gasteiger partial charge >= 0.3 is 0 Å². The minimum Gasteiger partial charge on any atom is -0.357 e. The molecular formula is C10H12ClN3. The fourth-order valence-electron chi connectivity index (χ4n) is 0.905. The van der Waals surface area contributed by atoms with E-state index in [9.17, 15) is 0 Å². The van der Waals surface area contributed by atoms with Gasteiger partial charge in [0.2, 0.25) is 0 Å². The first kappa shape index (κ1) is 10.8. The SMILES string of the molecule is CC#CCNc1nc(C)c(C)nc1Cl. The maximum atomic E-state index is 5.90. The smallest absolute Gasteiger partial charge is 0.171 e. The molecule has 3 nitrogen and oxygen atoms in total. The maximum absolute atomic E-state index is 5.90. The highest BCUT2D eigenvalue weighted by Gasteiger charge is 2.05. The zero-order valence-electron chi connectivity index (χ0n) is 8.48. The quantitative estimate of drug-likeness (QED) is 0.759. The van der Waals surface area contributed by atoms with E-state index in [4.69, 9.17) is 11.6 Å². The van der Waals surface area contributed by atoms with Gasteiger partial charge in [0.05, 0.1) is 17.9 Å². The summed E-state index contributed by atoms with van der Waals surface area (Å²) in [6.07, 6.45) is 0. The summed E-state index contributed by atoms with van der Waals surface area (Å²) in [7, 11) is 0. The van der Waals surface area contributed by atoms with Crippen molar-refractivity contribution in [2.24, 2.45) is 0 Å². The molecule has 1 heterocycles. The molecule has 0 unspecified atom stereocenters. The first-order valence-corrected chi connectivity index (χ1v) is 4.67. The number of anilines is 1. The summed E-state index contributed by atoms with van der Waals surface area (Å²) < 4.78 is 0. The van der Waals surface area contributed by atoms with Crippen molar-refractivity contribution in [1.29, 1.82) is 0 Å². The molecule has 1 aromatic heterocycles. The van der Waals surface area contributed by atoms with E-state index in [1.807, 2.05) is 13.8 Å². The van der Waals surface area contributed by atoms with Crippen LogP contribution in [-0.2, 0) is 0 Å². The summed E-state index contributed by atoms with van der Waals surface area (Å²) in [5, 5.41) is 3.40. The van der Waals surface area contributed by atoms with Crippen molar-refractivity contribution in [2.75, 3.05) is 11.9 Å². The summed E-state index contributed by atoms with van der Waals surface area (Å²) in [5.74, 6) is 6.25. The van der Waals surface area contributed by atoms with E-state index in [1.54, 1.807) is 6.92 Å². The number of rotatable bonds is 2. The Labute approximate surface area is 88.9 Å². The van der Waals surface area contributed by atoms with Gasteiger partial charge in [0.15, 0.2) is 11.0 Å². The number of hydrogen-bond acceptors (Lipinski definition) is 3. The molecule has 0 saturated heterocycles. The van der Waals surface area contributed by atoms with E-state index >= 15 is 0 Å². The average molecular weight is 210 g/mol. The van der Waals surface area contributed by atoms with E-state index in [2.05, 4.69) is 27.1 Å². The van der Waals surface area contributed by atoms with Gasteiger partial charge in [-0.3, -0.25) is 0 Å². The highest BCUT2D eigenvalue weighted by Crippen LogP contribution is 2.17. The molecule has 1 N–H and O–H groups in total. The molecule has 74 valence electrons. The Bertz CT molecular complexity index is 390. The van der Waals surface area contributed by atoms with Crippen LogP contribution < -0.4 is 5.32 Å². The molecule has 14 heavy (non-hydrogen) atoms. The van der Waals surface area contributed by atoms with E-state index in [-0.39, 0.29) is 0 Å². The van der Waals surface area contributed by atoms with Crippen LogP contribution in [0.2, 0.25) is 5.15 Å². The van der Waals surface area contributed by atoms with Crippen molar-refractivity contribution in [2.45, 2.75) is 20.8 Å². The molecule has 1 aromatic rings. The highest BCUT2D eigenvalue weighted by atomic mass is 35.5. The second-order valence-corrected chi connectivity index (χ2v) is 3.17. The van der Waals surface area contributed by atoms with Gasteiger partial charge < -0.3 is 5.32 Å². The zero-order valence-corrected chi connectivity index (χ0v) is 9.24. The van der Waals surface area contributed by atoms with Crippen LogP contribution in [0.4, 0.5) is 5.82 Å². The molecule has 4 heteroatoms. The van der Waals surface area contributed by atoms with Crippen LogP contribution in [0.5, 0.6) is 0 Å². The molecule has 0 radical (unpaired) electrons. The lowest BCUT2D eigenvalue weighted by atomic mass is 10.3. The third kappa shape index (κ3) is 2.61. The molecule has 0 aliphatic heterocycles. The predicted octanol–water partition coefficient (Wildman–Crippen LogP) is 2.18. The number of aryl methyl sites for hydroxylation is 2. The number of halogens is 1. The Morgan fingerprint density at radius 3 is 2.57 bits per heavy atom. The molecule has 1 rings (SSSR count). The fourth-order valence-corrected chi connectivity index (χ4v) is 1.14. The van der Waals surface area contributed by atoms with Gasteiger partial charge in [-0.15, -0.1) is 5.92 Å². The lowest BCUT2D eigenvalue weighted by Crippen LogP contribution is -2.05. The molecular weight excluding hydrogens is 198 g/mol. The normalized spacial score (nSPS) is 9.14. The number of nitrogens with one attached hydrogen (secondary N) is 1. The Morgan fingerprint density at radius 1 is 1.29 bits per heavy atom. The summed E-state index contributed by atoms with van der Waals surface area (Å²) >= 11 is 5.90. The number of nitrogens with zero attached hydrogens (tertiary/aromatic N) is 2. The average Bonchev–Trinajstić information content (AvgIpc) is 2.14. The molecule has 0 spiro atoms. The Balaban J connectivity index is 2.85. The Kier molecular flexibility index (Phi) is 3.73. The molecule has 0 aliphatic rings. The van der Waals surface area contributed by atoms with Gasteiger partial charge in [-0.1, -0.05) is 17.5 Å².